The van der Waals surface area contributed by atoms with E-state index in [1.807, 2.05) is 11.3 Å². The van der Waals surface area contributed by atoms with Crippen LogP contribution < -0.4 is 5.32 Å². The van der Waals surface area contributed by atoms with Crippen LogP contribution in [0.15, 0.2) is 28.7 Å². The Kier molecular flexibility index (Phi) is 3.07. The van der Waals surface area contributed by atoms with Gasteiger partial charge in [-0.2, -0.15) is 0 Å². The highest BCUT2D eigenvalue weighted by atomic mass is 79.9. The third-order valence-electron chi connectivity index (χ3n) is 3.21. The first-order valence-corrected chi connectivity index (χ1v) is 7.44. The fraction of sp³-hybridized carbons (Fsp3) is 0.286. The fourth-order valence-corrected chi connectivity index (χ4v) is 3.70. The molecule has 0 atom stereocenters. The van der Waals surface area contributed by atoms with Gasteiger partial charge >= 0.3 is 0 Å². The molecule has 2 heterocycles. The van der Waals surface area contributed by atoms with E-state index >= 15 is 0 Å². The molecule has 88 valence electrons. The lowest BCUT2D eigenvalue weighted by atomic mass is 10.1. The summed E-state index contributed by atoms with van der Waals surface area (Å²) in [6.45, 7) is 4.27. The summed E-state index contributed by atoms with van der Waals surface area (Å²) in [6, 6.07) is 8.97. The van der Waals surface area contributed by atoms with Gasteiger partial charge < -0.3 is 5.32 Å². The van der Waals surface area contributed by atoms with E-state index in [2.05, 4.69) is 52.4 Å². The predicted octanol–water partition coefficient (Wildman–Crippen LogP) is 4.13. The molecule has 0 saturated heterocycles. The largest absolute Gasteiger partial charge is 0.312 e. The van der Waals surface area contributed by atoms with Crippen molar-refractivity contribution in [2.75, 3.05) is 6.54 Å². The topological polar surface area (TPSA) is 12.0 Å². The molecule has 3 rings (SSSR count). The minimum atomic E-state index is 1.03. The monoisotopic (exact) mass is 307 g/mol. The van der Waals surface area contributed by atoms with Crippen LogP contribution in [0.4, 0.5) is 0 Å². The standard InChI is InChI=1S/C14H14BrNS/c1-9-2-3-10(6-12(9)15)13-7-11-4-5-16-8-14(11)17-13/h2-3,6-7,16H,4-5,8H2,1H3. The molecular formula is C14H14BrNS. The smallest absolute Gasteiger partial charge is 0.0349 e. The number of hydrogen-bond donors (Lipinski definition) is 1. The Bertz CT molecular complexity index is 536. The Morgan fingerprint density at radius 3 is 2.94 bits per heavy atom. The molecule has 1 N–H and O–H groups in total. The highest BCUT2D eigenvalue weighted by Crippen LogP contribution is 2.34. The van der Waals surface area contributed by atoms with E-state index in [0.717, 1.165) is 13.1 Å². The Balaban J connectivity index is 2.03. The van der Waals surface area contributed by atoms with Crippen molar-refractivity contribution in [2.45, 2.75) is 19.9 Å². The molecule has 0 saturated carbocycles. The molecule has 0 bridgehead atoms. The molecule has 0 spiro atoms. The van der Waals surface area contributed by atoms with Crippen molar-refractivity contribution in [1.29, 1.82) is 0 Å². The van der Waals surface area contributed by atoms with Crippen molar-refractivity contribution < 1.29 is 0 Å². The average molecular weight is 308 g/mol. The number of aryl methyl sites for hydroxylation is 1. The summed E-state index contributed by atoms with van der Waals surface area (Å²) < 4.78 is 1.19. The van der Waals surface area contributed by atoms with E-state index in [0.29, 0.717) is 0 Å². The molecule has 0 fully saturated rings. The lowest BCUT2D eigenvalue weighted by molar-refractivity contribution is 0.655. The van der Waals surface area contributed by atoms with E-state index in [-0.39, 0.29) is 0 Å². The third kappa shape index (κ3) is 2.19. The second-order valence-electron chi connectivity index (χ2n) is 4.45. The quantitative estimate of drug-likeness (QED) is 0.835. The average Bonchev–Trinajstić information content (AvgIpc) is 2.76. The highest BCUT2D eigenvalue weighted by Gasteiger charge is 2.13. The fourth-order valence-electron chi connectivity index (χ4n) is 2.14. The van der Waals surface area contributed by atoms with Gasteiger partial charge in [0.1, 0.15) is 0 Å². The zero-order valence-electron chi connectivity index (χ0n) is 9.72. The zero-order chi connectivity index (χ0) is 11.8. The molecule has 1 nitrogen and oxygen atoms in total. The number of thiophene rings is 1. The van der Waals surface area contributed by atoms with E-state index < -0.39 is 0 Å². The molecular weight excluding hydrogens is 294 g/mol. The van der Waals surface area contributed by atoms with Gasteiger partial charge in [0.05, 0.1) is 0 Å². The molecule has 17 heavy (non-hydrogen) atoms. The summed E-state index contributed by atoms with van der Waals surface area (Å²) in [5.41, 5.74) is 4.14. The van der Waals surface area contributed by atoms with Crippen molar-refractivity contribution in [3.63, 3.8) is 0 Å². The molecule has 1 aliphatic rings. The molecule has 0 amide bonds. The molecule has 2 aromatic rings. The maximum absolute atomic E-state index is 3.61. The number of rotatable bonds is 1. The van der Waals surface area contributed by atoms with Crippen LogP contribution in [0.25, 0.3) is 10.4 Å². The molecule has 1 aliphatic heterocycles. The van der Waals surface area contributed by atoms with Gasteiger partial charge in [-0.1, -0.05) is 28.1 Å². The third-order valence-corrected chi connectivity index (χ3v) is 5.29. The molecule has 0 aliphatic carbocycles. The summed E-state index contributed by atoms with van der Waals surface area (Å²) in [5.74, 6) is 0. The Labute approximate surface area is 114 Å². The lowest BCUT2D eigenvalue weighted by Crippen LogP contribution is -2.21. The van der Waals surface area contributed by atoms with Crippen LogP contribution in [0.5, 0.6) is 0 Å². The second-order valence-corrected chi connectivity index (χ2v) is 6.44. The first-order chi connectivity index (χ1) is 8.24. The van der Waals surface area contributed by atoms with Crippen molar-refractivity contribution in [3.8, 4) is 10.4 Å². The summed E-state index contributed by atoms with van der Waals surface area (Å²) in [5, 5.41) is 3.43. The van der Waals surface area contributed by atoms with Gasteiger partial charge in [0.25, 0.3) is 0 Å². The maximum atomic E-state index is 3.61. The van der Waals surface area contributed by atoms with Crippen LogP contribution in [0.3, 0.4) is 0 Å². The highest BCUT2D eigenvalue weighted by molar-refractivity contribution is 9.10. The van der Waals surface area contributed by atoms with E-state index in [9.17, 15) is 0 Å². The number of fused-ring (bicyclic) bond motifs is 1. The van der Waals surface area contributed by atoms with Crippen LogP contribution >= 0.6 is 27.3 Å². The van der Waals surface area contributed by atoms with Crippen LogP contribution in [-0.4, -0.2) is 6.54 Å². The second kappa shape index (κ2) is 4.56. The minimum Gasteiger partial charge on any atom is -0.312 e. The SMILES string of the molecule is Cc1ccc(-c2cc3c(s2)CNCC3)cc1Br. The van der Waals surface area contributed by atoms with Gasteiger partial charge in [0.15, 0.2) is 0 Å². The summed E-state index contributed by atoms with van der Waals surface area (Å²) in [4.78, 5) is 2.89. The van der Waals surface area contributed by atoms with E-state index in [1.165, 1.54) is 37.3 Å². The van der Waals surface area contributed by atoms with Crippen LogP contribution in [0, 0.1) is 6.92 Å². The lowest BCUT2D eigenvalue weighted by Gasteiger charge is -2.10. The van der Waals surface area contributed by atoms with Crippen molar-refractivity contribution in [1.82, 2.24) is 5.32 Å². The minimum absolute atomic E-state index is 1.03. The van der Waals surface area contributed by atoms with Crippen LogP contribution in [0.2, 0.25) is 0 Å². The summed E-state index contributed by atoms with van der Waals surface area (Å²) in [7, 11) is 0. The number of halogens is 1. The molecule has 0 radical (unpaired) electrons. The van der Waals surface area contributed by atoms with Crippen molar-refractivity contribution in [3.05, 3.63) is 44.7 Å². The summed E-state index contributed by atoms with van der Waals surface area (Å²) in [6.07, 6.45) is 1.17. The van der Waals surface area contributed by atoms with Gasteiger partial charge in [-0.3, -0.25) is 0 Å². The summed E-state index contributed by atoms with van der Waals surface area (Å²) >= 11 is 5.53. The van der Waals surface area contributed by atoms with Gasteiger partial charge in [-0.15, -0.1) is 11.3 Å². The van der Waals surface area contributed by atoms with Crippen molar-refractivity contribution >= 4 is 27.3 Å². The first kappa shape index (κ1) is 11.5. The zero-order valence-corrected chi connectivity index (χ0v) is 12.1. The number of nitrogens with one attached hydrogen (secondary N) is 1. The van der Waals surface area contributed by atoms with Crippen LogP contribution in [-0.2, 0) is 13.0 Å². The number of hydrogen-bond acceptors (Lipinski definition) is 2. The normalized spacial score (nSPS) is 14.7. The number of benzene rings is 1. The Morgan fingerprint density at radius 1 is 1.29 bits per heavy atom. The molecule has 1 aromatic heterocycles. The molecule has 1 aromatic carbocycles. The molecule has 3 heteroatoms. The van der Waals surface area contributed by atoms with Gasteiger partial charge in [-0.25, -0.2) is 0 Å². The van der Waals surface area contributed by atoms with E-state index in [1.54, 1.807) is 0 Å². The Hall–Kier alpha value is -0.640. The van der Waals surface area contributed by atoms with Gasteiger partial charge in [-0.05, 0) is 48.7 Å². The first-order valence-electron chi connectivity index (χ1n) is 5.83. The van der Waals surface area contributed by atoms with Crippen molar-refractivity contribution in [2.24, 2.45) is 0 Å². The predicted molar refractivity (Wildman–Crippen MR) is 77.6 cm³/mol. The van der Waals surface area contributed by atoms with Gasteiger partial charge in [0, 0.05) is 20.8 Å². The van der Waals surface area contributed by atoms with E-state index in [4.69, 9.17) is 0 Å². The van der Waals surface area contributed by atoms with Gasteiger partial charge in [0.2, 0.25) is 0 Å². The maximum Gasteiger partial charge on any atom is 0.0349 e. The molecule has 0 unspecified atom stereocenters. The Morgan fingerprint density at radius 2 is 2.18 bits per heavy atom. The van der Waals surface area contributed by atoms with Crippen LogP contribution in [0.1, 0.15) is 16.0 Å².